The Balaban J connectivity index is 2.57. The van der Waals surface area contributed by atoms with Crippen molar-refractivity contribution >= 4 is 14.0 Å². The van der Waals surface area contributed by atoms with Gasteiger partial charge in [-0.25, -0.2) is 0 Å². The molecule has 18 heavy (non-hydrogen) atoms. The topological polar surface area (TPSA) is 12.9 Å². The Hall–Kier alpha value is -1.41. The van der Waals surface area contributed by atoms with Gasteiger partial charge in [-0.3, -0.25) is 4.98 Å². The van der Waals surface area contributed by atoms with E-state index in [1.54, 1.807) is 0 Å². The van der Waals surface area contributed by atoms with E-state index in [-0.39, 0.29) is 0 Å². The van der Waals surface area contributed by atoms with Crippen molar-refractivity contribution in [3.63, 3.8) is 0 Å². The third kappa shape index (κ3) is 2.70. The number of benzene rings is 1. The van der Waals surface area contributed by atoms with Gasteiger partial charge in [0.2, 0.25) is 0 Å². The van der Waals surface area contributed by atoms with Crippen LogP contribution in [0, 0.1) is 0 Å². The van der Waals surface area contributed by atoms with Crippen LogP contribution in [0.5, 0.6) is 0 Å². The molecule has 0 saturated heterocycles. The summed E-state index contributed by atoms with van der Waals surface area (Å²) in [6.45, 7) is 8.40. The SMILES string of the molecule is [2H]C(C)(C)c1cc(-c2ccccc2)ncc1[Si](C)C. The fraction of sp³-hybridized carbons (Fsp3) is 0.312. The molecular weight excluding hydrogens is 234 g/mol. The van der Waals surface area contributed by atoms with E-state index in [2.05, 4.69) is 36.3 Å². The summed E-state index contributed by atoms with van der Waals surface area (Å²) < 4.78 is 8.35. The first kappa shape index (κ1) is 11.7. The Morgan fingerprint density at radius 1 is 1.17 bits per heavy atom. The van der Waals surface area contributed by atoms with E-state index < -0.39 is 14.7 Å². The van der Waals surface area contributed by atoms with Crippen LogP contribution in [0.1, 0.15) is 26.7 Å². The quantitative estimate of drug-likeness (QED) is 0.760. The molecule has 2 aromatic rings. The summed E-state index contributed by atoms with van der Waals surface area (Å²) >= 11 is 0. The zero-order valence-electron chi connectivity index (χ0n) is 12.5. The normalized spacial score (nSPS) is 12.6. The van der Waals surface area contributed by atoms with Gasteiger partial charge in [-0.2, -0.15) is 0 Å². The van der Waals surface area contributed by atoms with Crippen molar-refractivity contribution in [3.8, 4) is 11.3 Å². The fourth-order valence-corrected chi connectivity index (χ4v) is 3.22. The molecule has 0 N–H and O–H groups in total. The number of aromatic nitrogens is 1. The first-order valence-electron chi connectivity index (χ1n) is 6.76. The minimum Gasteiger partial charge on any atom is -0.256 e. The number of nitrogens with zero attached hydrogens (tertiary/aromatic N) is 1. The molecule has 93 valence electrons. The van der Waals surface area contributed by atoms with Crippen molar-refractivity contribution in [2.75, 3.05) is 0 Å². The molecule has 1 radical (unpaired) electrons. The minimum absolute atomic E-state index is 0.580. The zero-order valence-corrected chi connectivity index (χ0v) is 12.5. The van der Waals surface area contributed by atoms with Gasteiger partial charge in [0.05, 0.1) is 14.5 Å². The molecule has 1 aromatic carbocycles. The van der Waals surface area contributed by atoms with Crippen LogP contribution in [-0.4, -0.2) is 13.8 Å². The van der Waals surface area contributed by atoms with Gasteiger partial charge in [0.25, 0.3) is 0 Å². The smallest absolute Gasteiger partial charge is 0.0816 e. The van der Waals surface area contributed by atoms with E-state index in [0.29, 0.717) is 0 Å². The van der Waals surface area contributed by atoms with E-state index in [1.165, 1.54) is 5.19 Å². The standard InChI is InChI=1S/C16H20NSi/c1-12(2)14-10-15(13-8-6-5-7-9-13)17-11-16(14)18(3)4/h5-12H,1-4H3/i12D. The predicted octanol–water partition coefficient (Wildman–Crippen LogP) is 3.83. The maximum Gasteiger partial charge on any atom is 0.0816 e. The van der Waals surface area contributed by atoms with E-state index in [0.717, 1.165) is 16.8 Å². The second kappa shape index (κ2) is 5.49. The van der Waals surface area contributed by atoms with Gasteiger partial charge in [0, 0.05) is 13.1 Å². The second-order valence-corrected chi connectivity index (χ2v) is 7.52. The molecule has 0 saturated carbocycles. The number of pyridine rings is 1. The Morgan fingerprint density at radius 3 is 2.39 bits per heavy atom. The van der Waals surface area contributed by atoms with Gasteiger partial charge in [-0.05, 0) is 22.7 Å². The van der Waals surface area contributed by atoms with Crippen LogP contribution in [0.3, 0.4) is 0 Å². The maximum absolute atomic E-state index is 8.35. The highest BCUT2D eigenvalue weighted by Crippen LogP contribution is 2.20. The molecule has 1 heterocycles. The number of hydrogen-bond acceptors (Lipinski definition) is 1. The van der Waals surface area contributed by atoms with Gasteiger partial charge in [-0.15, -0.1) is 0 Å². The molecule has 2 rings (SSSR count). The molecule has 0 aliphatic rings. The van der Waals surface area contributed by atoms with Crippen LogP contribution < -0.4 is 5.19 Å². The van der Waals surface area contributed by atoms with Crippen molar-refractivity contribution in [3.05, 3.63) is 48.2 Å². The Kier molecular flexibility index (Phi) is 3.56. The Morgan fingerprint density at radius 2 is 1.83 bits per heavy atom. The molecule has 0 atom stereocenters. The van der Waals surface area contributed by atoms with Crippen LogP contribution >= 0.6 is 0 Å². The average molecular weight is 255 g/mol. The third-order valence-electron chi connectivity index (χ3n) is 3.05. The van der Waals surface area contributed by atoms with Crippen molar-refractivity contribution < 1.29 is 1.37 Å². The molecule has 1 aromatic heterocycles. The van der Waals surface area contributed by atoms with Crippen molar-refractivity contribution in [2.45, 2.75) is 32.8 Å². The van der Waals surface area contributed by atoms with Crippen LogP contribution in [0.25, 0.3) is 11.3 Å². The molecular formula is C16H20NSi. The lowest BCUT2D eigenvalue weighted by Gasteiger charge is -2.16. The highest BCUT2D eigenvalue weighted by Gasteiger charge is 2.13. The fourth-order valence-electron chi connectivity index (χ4n) is 2.03. The summed E-state index contributed by atoms with van der Waals surface area (Å²) in [6.07, 6.45) is 1.97. The van der Waals surface area contributed by atoms with Crippen LogP contribution in [0.4, 0.5) is 0 Å². The summed E-state index contributed by atoms with van der Waals surface area (Å²) in [4.78, 5) is 4.59. The summed E-state index contributed by atoms with van der Waals surface area (Å²) in [5.74, 6) is -0.580. The highest BCUT2D eigenvalue weighted by atomic mass is 28.3. The van der Waals surface area contributed by atoms with Crippen molar-refractivity contribution in [2.24, 2.45) is 0 Å². The molecule has 0 aliphatic carbocycles. The molecule has 0 amide bonds. The lowest BCUT2D eigenvalue weighted by Crippen LogP contribution is -2.28. The van der Waals surface area contributed by atoms with Gasteiger partial charge < -0.3 is 0 Å². The highest BCUT2D eigenvalue weighted by molar-refractivity contribution is 6.71. The maximum atomic E-state index is 8.35. The van der Waals surface area contributed by atoms with Gasteiger partial charge in [-0.1, -0.05) is 57.3 Å². The molecule has 0 fully saturated rings. The van der Waals surface area contributed by atoms with Crippen molar-refractivity contribution in [1.82, 2.24) is 4.98 Å². The molecule has 0 aliphatic heterocycles. The van der Waals surface area contributed by atoms with Crippen LogP contribution in [-0.2, 0) is 0 Å². The monoisotopic (exact) mass is 255 g/mol. The summed E-state index contributed by atoms with van der Waals surface area (Å²) in [7, 11) is -0.605. The molecule has 0 unspecified atom stereocenters. The Bertz CT molecular complexity index is 559. The lowest BCUT2D eigenvalue weighted by atomic mass is 10.0. The first-order chi connectivity index (χ1) is 8.89. The summed E-state index contributed by atoms with van der Waals surface area (Å²) in [5, 5.41) is 1.27. The van der Waals surface area contributed by atoms with Gasteiger partial charge >= 0.3 is 0 Å². The van der Waals surface area contributed by atoms with E-state index in [9.17, 15) is 0 Å². The molecule has 1 nitrogen and oxygen atoms in total. The zero-order chi connectivity index (χ0) is 14.0. The van der Waals surface area contributed by atoms with Crippen LogP contribution in [0.2, 0.25) is 13.1 Å². The minimum atomic E-state index is -0.605. The lowest BCUT2D eigenvalue weighted by molar-refractivity contribution is 0.870. The number of hydrogen-bond donors (Lipinski definition) is 0. The molecule has 0 bridgehead atoms. The molecule has 0 spiro atoms. The largest absolute Gasteiger partial charge is 0.256 e. The van der Waals surface area contributed by atoms with E-state index in [4.69, 9.17) is 1.37 Å². The van der Waals surface area contributed by atoms with Gasteiger partial charge in [0.15, 0.2) is 0 Å². The average Bonchev–Trinajstić information content (AvgIpc) is 2.38. The van der Waals surface area contributed by atoms with E-state index >= 15 is 0 Å². The first-order valence-corrected chi connectivity index (χ1v) is 8.76. The van der Waals surface area contributed by atoms with E-state index in [1.807, 2.05) is 38.2 Å². The van der Waals surface area contributed by atoms with Crippen molar-refractivity contribution in [1.29, 1.82) is 0 Å². The molecule has 2 heteroatoms. The Labute approximate surface area is 113 Å². The van der Waals surface area contributed by atoms with Crippen LogP contribution in [0.15, 0.2) is 42.6 Å². The summed E-state index contributed by atoms with van der Waals surface area (Å²) in [6, 6.07) is 12.3. The number of rotatable bonds is 3. The third-order valence-corrected chi connectivity index (χ3v) is 4.53. The summed E-state index contributed by atoms with van der Waals surface area (Å²) in [5.41, 5.74) is 3.18. The van der Waals surface area contributed by atoms with Gasteiger partial charge in [0.1, 0.15) is 0 Å². The second-order valence-electron chi connectivity index (χ2n) is 4.98. The predicted molar refractivity (Wildman–Crippen MR) is 80.9 cm³/mol.